The summed E-state index contributed by atoms with van der Waals surface area (Å²) < 4.78 is 19.4. The third-order valence-corrected chi connectivity index (χ3v) is 3.50. The van der Waals surface area contributed by atoms with Gasteiger partial charge in [-0.05, 0) is 41.8 Å². The van der Waals surface area contributed by atoms with Gasteiger partial charge in [0.2, 0.25) is 0 Å². The van der Waals surface area contributed by atoms with E-state index in [0.29, 0.717) is 5.56 Å². The maximum atomic E-state index is 13.8. The molecule has 2 nitrogen and oxygen atoms in total. The number of rotatable bonds is 2. The fraction of sp³-hybridized carbons (Fsp3) is 0.250. The summed E-state index contributed by atoms with van der Waals surface area (Å²) >= 11 is 0. The van der Waals surface area contributed by atoms with Gasteiger partial charge in [0.25, 0.3) is 0 Å². The smallest absolute Gasteiger partial charge is 0.128 e. The van der Waals surface area contributed by atoms with Crippen LogP contribution in [0.2, 0.25) is 0 Å². The molecular formula is C16H16FNO. The largest absolute Gasteiger partial charge is 0.490 e. The highest BCUT2D eigenvalue weighted by Crippen LogP contribution is 2.33. The monoisotopic (exact) mass is 257 g/mol. The molecule has 1 aliphatic heterocycles. The van der Waals surface area contributed by atoms with Crippen molar-refractivity contribution < 1.29 is 9.13 Å². The highest BCUT2D eigenvalue weighted by molar-refractivity contribution is 5.66. The molecule has 1 unspecified atom stereocenters. The van der Waals surface area contributed by atoms with Crippen LogP contribution in [0.5, 0.6) is 5.75 Å². The molecule has 2 aromatic rings. The fourth-order valence-electron chi connectivity index (χ4n) is 2.49. The Bertz CT molecular complexity index is 624. The van der Waals surface area contributed by atoms with Crippen molar-refractivity contribution in [3.8, 4) is 16.9 Å². The highest BCUT2D eigenvalue weighted by atomic mass is 19.1. The van der Waals surface area contributed by atoms with Crippen LogP contribution in [0.15, 0.2) is 36.4 Å². The first-order valence-electron chi connectivity index (χ1n) is 6.46. The summed E-state index contributed by atoms with van der Waals surface area (Å²) in [5.74, 6) is 0.695. The standard InChI is InChI=1S/C16H16FNO/c1-10-6-14-7-11(4-5-16(14)19-10)12-2-3-13(9-18)15(17)8-12/h2-5,7-8,10H,6,9,18H2,1H3. The van der Waals surface area contributed by atoms with Gasteiger partial charge in [0.15, 0.2) is 0 Å². The molecule has 0 saturated carbocycles. The van der Waals surface area contributed by atoms with E-state index >= 15 is 0 Å². The molecule has 3 heteroatoms. The summed E-state index contributed by atoms with van der Waals surface area (Å²) in [4.78, 5) is 0. The predicted octanol–water partition coefficient (Wildman–Crippen LogP) is 3.27. The van der Waals surface area contributed by atoms with Gasteiger partial charge in [0.05, 0.1) is 0 Å². The van der Waals surface area contributed by atoms with Crippen molar-refractivity contribution in [2.45, 2.75) is 26.0 Å². The van der Waals surface area contributed by atoms with Crippen LogP contribution in [0.4, 0.5) is 4.39 Å². The van der Waals surface area contributed by atoms with Crippen molar-refractivity contribution in [1.82, 2.24) is 0 Å². The number of fused-ring (bicyclic) bond motifs is 1. The van der Waals surface area contributed by atoms with Crippen molar-refractivity contribution in [2.75, 3.05) is 0 Å². The van der Waals surface area contributed by atoms with E-state index in [1.165, 1.54) is 5.56 Å². The second-order valence-electron chi connectivity index (χ2n) is 4.97. The van der Waals surface area contributed by atoms with Crippen molar-refractivity contribution in [3.05, 3.63) is 53.3 Å². The van der Waals surface area contributed by atoms with E-state index in [1.807, 2.05) is 18.2 Å². The molecule has 1 atom stereocenters. The van der Waals surface area contributed by atoms with Crippen LogP contribution in [0, 0.1) is 5.82 Å². The third kappa shape index (κ3) is 2.22. The van der Waals surface area contributed by atoms with E-state index in [4.69, 9.17) is 10.5 Å². The van der Waals surface area contributed by atoms with E-state index in [0.717, 1.165) is 23.3 Å². The molecule has 0 amide bonds. The van der Waals surface area contributed by atoms with Gasteiger partial charge in [-0.3, -0.25) is 0 Å². The maximum absolute atomic E-state index is 13.8. The SMILES string of the molecule is CC1Cc2cc(-c3ccc(CN)c(F)c3)ccc2O1. The Labute approximate surface area is 112 Å². The second-order valence-corrected chi connectivity index (χ2v) is 4.97. The lowest BCUT2D eigenvalue weighted by Crippen LogP contribution is -2.05. The summed E-state index contributed by atoms with van der Waals surface area (Å²) in [6.45, 7) is 2.27. The normalized spacial score (nSPS) is 17.1. The number of benzene rings is 2. The van der Waals surface area contributed by atoms with Crippen LogP contribution >= 0.6 is 0 Å². The lowest BCUT2D eigenvalue weighted by Gasteiger charge is -2.07. The number of halogens is 1. The van der Waals surface area contributed by atoms with Gasteiger partial charge in [-0.15, -0.1) is 0 Å². The molecule has 0 spiro atoms. The molecule has 0 aliphatic carbocycles. The minimum atomic E-state index is -0.245. The number of ether oxygens (including phenoxy) is 1. The molecule has 0 saturated heterocycles. The lowest BCUT2D eigenvalue weighted by atomic mass is 10.00. The Morgan fingerprint density at radius 3 is 2.68 bits per heavy atom. The molecule has 98 valence electrons. The van der Waals surface area contributed by atoms with Gasteiger partial charge in [-0.25, -0.2) is 4.39 Å². The van der Waals surface area contributed by atoms with Gasteiger partial charge in [0.1, 0.15) is 17.7 Å². The number of hydrogen-bond acceptors (Lipinski definition) is 2. The van der Waals surface area contributed by atoms with Gasteiger partial charge in [-0.1, -0.05) is 18.2 Å². The summed E-state index contributed by atoms with van der Waals surface area (Å²) in [5, 5.41) is 0. The minimum absolute atomic E-state index is 0.224. The molecule has 0 bridgehead atoms. The maximum Gasteiger partial charge on any atom is 0.128 e. The number of nitrogens with two attached hydrogens (primary N) is 1. The van der Waals surface area contributed by atoms with Crippen molar-refractivity contribution in [2.24, 2.45) is 5.73 Å². The van der Waals surface area contributed by atoms with Crippen LogP contribution in [0.3, 0.4) is 0 Å². The average Bonchev–Trinajstić information content (AvgIpc) is 2.77. The quantitative estimate of drug-likeness (QED) is 0.896. The van der Waals surface area contributed by atoms with E-state index in [-0.39, 0.29) is 18.5 Å². The van der Waals surface area contributed by atoms with E-state index in [1.54, 1.807) is 12.1 Å². The van der Waals surface area contributed by atoms with Crippen molar-refractivity contribution in [3.63, 3.8) is 0 Å². The minimum Gasteiger partial charge on any atom is -0.490 e. The summed E-state index contributed by atoms with van der Waals surface area (Å²) in [6, 6.07) is 11.2. The molecule has 1 aliphatic rings. The van der Waals surface area contributed by atoms with E-state index < -0.39 is 0 Å². The van der Waals surface area contributed by atoms with Crippen LogP contribution < -0.4 is 10.5 Å². The zero-order chi connectivity index (χ0) is 13.4. The van der Waals surface area contributed by atoms with E-state index in [9.17, 15) is 4.39 Å². The Kier molecular flexibility index (Phi) is 2.99. The first kappa shape index (κ1) is 12.2. The Hall–Kier alpha value is -1.87. The molecule has 0 aromatic heterocycles. The number of hydrogen-bond donors (Lipinski definition) is 1. The van der Waals surface area contributed by atoms with Gasteiger partial charge < -0.3 is 10.5 Å². The molecule has 19 heavy (non-hydrogen) atoms. The Morgan fingerprint density at radius 1 is 1.21 bits per heavy atom. The second kappa shape index (κ2) is 4.67. The molecule has 0 radical (unpaired) electrons. The summed E-state index contributed by atoms with van der Waals surface area (Å²) in [6.07, 6.45) is 1.13. The molecule has 3 rings (SSSR count). The highest BCUT2D eigenvalue weighted by Gasteiger charge is 2.19. The first-order valence-corrected chi connectivity index (χ1v) is 6.46. The average molecular weight is 257 g/mol. The molecule has 2 N–H and O–H groups in total. The lowest BCUT2D eigenvalue weighted by molar-refractivity contribution is 0.254. The van der Waals surface area contributed by atoms with Gasteiger partial charge in [-0.2, -0.15) is 0 Å². The van der Waals surface area contributed by atoms with Crippen LogP contribution in [0.1, 0.15) is 18.1 Å². The fourth-order valence-corrected chi connectivity index (χ4v) is 2.49. The van der Waals surface area contributed by atoms with Gasteiger partial charge in [0, 0.05) is 18.5 Å². The predicted molar refractivity (Wildman–Crippen MR) is 73.5 cm³/mol. The van der Waals surface area contributed by atoms with Crippen LogP contribution in [-0.2, 0) is 13.0 Å². The molecule has 1 heterocycles. The molecular weight excluding hydrogens is 241 g/mol. The first-order chi connectivity index (χ1) is 9.17. The van der Waals surface area contributed by atoms with E-state index in [2.05, 4.69) is 13.0 Å². The topological polar surface area (TPSA) is 35.2 Å². The zero-order valence-electron chi connectivity index (χ0n) is 10.8. The Morgan fingerprint density at radius 2 is 1.95 bits per heavy atom. The zero-order valence-corrected chi connectivity index (χ0v) is 10.8. The molecule has 0 fully saturated rings. The Balaban J connectivity index is 1.99. The van der Waals surface area contributed by atoms with Crippen LogP contribution in [-0.4, -0.2) is 6.10 Å². The van der Waals surface area contributed by atoms with Crippen molar-refractivity contribution >= 4 is 0 Å². The van der Waals surface area contributed by atoms with Gasteiger partial charge >= 0.3 is 0 Å². The van der Waals surface area contributed by atoms with Crippen molar-refractivity contribution in [1.29, 1.82) is 0 Å². The van der Waals surface area contributed by atoms with Crippen LogP contribution in [0.25, 0.3) is 11.1 Å². The summed E-state index contributed by atoms with van der Waals surface area (Å²) in [7, 11) is 0. The molecule has 2 aromatic carbocycles. The third-order valence-electron chi connectivity index (χ3n) is 3.50. The summed E-state index contributed by atoms with van der Waals surface area (Å²) in [5.41, 5.74) is 9.09.